The third-order valence-corrected chi connectivity index (χ3v) is 12.9. The Morgan fingerprint density at radius 3 is 2.66 bits per heavy atom. The molecule has 50 heavy (non-hydrogen) atoms. The SMILES string of the molecule is C[C@H](Cc1cccc([C@@]2(C)CCCC(C)(C)CS(=O)(=O)CCc3c(c(F)c(F)c4[nH]ccc34)Sc3ccnc(c3)-c3nc2nn3C)c1)C(=O)O. The van der Waals surface area contributed by atoms with Crippen LogP contribution in [0.3, 0.4) is 0 Å². The van der Waals surface area contributed by atoms with Crippen LogP contribution in [-0.2, 0) is 39.9 Å². The number of carbonyl (C=O) groups is 1. The van der Waals surface area contributed by atoms with Gasteiger partial charge in [0.1, 0.15) is 5.69 Å². The summed E-state index contributed by atoms with van der Waals surface area (Å²) < 4.78 is 60.0. The minimum atomic E-state index is -3.61. The molecule has 4 heterocycles. The van der Waals surface area contributed by atoms with Gasteiger partial charge in [0.2, 0.25) is 0 Å². The van der Waals surface area contributed by atoms with E-state index in [-0.39, 0.29) is 28.3 Å². The third-order valence-electron chi connectivity index (χ3n) is 9.73. The summed E-state index contributed by atoms with van der Waals surface area (Å²) in [5.74, 6) is -2.74. The molecule has 2 atom stereocenters. The molecule has 0 saturated carbocycles. The molecule has 2 aromatic carbocycles. The molecule has 9 nitrogen and oxygen atoms in total. The van der Waals surface area contributed by atoms with Gasteiger partial charge in [-0.25, -0.2) is 26.9 Å². The molecule has 1 aliphatic rings. The summed E-state index contributed by atoms with van der Waals surface area (Å²) >= 11 is 1.02. The van der Waals surface area contributed by atoms with Gasteiger partial charge in [-0.3, -0.25) is 9.78 Å². The lowest BCUT2D eigenvalue weighted by Crippen LogP contribution is -2.29. The molecule has 0 radical (unpaired) electrons. The van der Waals surface area contributed by atoms with Crippen molar-refractivity contribution in [2.24, 2.45) is 18.4 Å². The number of aromatic nitrogens is 5. The molecule has 6 rings (SSSR count). The fourth-order valence-electron chi connectivity index (χ4n) is 6.96. The highest BCUT2D eigenvalue weighted by molar-refractivity contribution is 7.99. The number of hydrogen-bond acceptors (Lipinski definition) is 7. The van der Waals surface area contributed by atoms with Crippen molar-refractivity contribution in [1.29, 1.82) is 0 Å². The zero-order valence-electron chi connectivity index (χ0n) is 28.8. The van der Waals surface area contributed by atoms with Gasteiger partial charge in [0.05, 0.1) is 33.3 Å². The molecule has 1 aliphatic heterocycles. The number of aliphatic carboxylic acids is 1. The summed E-state index contributed by atoms with van der Waals surface area (Å²) in [6.45, 7) is 7.61. The summed E-state index contributed by atoms with van der Waals surface area (Å²) in [4.78, 5) is 24.6. The van der Waals surface area contributed by atoms with Gasteiger partial charge in [-0.2, -0.15) is 5.10 Å². The Hall–Kier alpha value is -4.10. The van der Waals surface area contributed by atoms with Gasteiger partial charge in [-0.05, 0) is 72.9 Å². The zero-order valence-corrected chi connectivity index (χ0v) is 30.4. The van der Waals surface area contributed by atoms with E-state index in [0.29, 0.717) is 58.9 Å². The number of rotatable bonds is 4. The normalized spacial score (nSPS) is 20.1. The van der Waals surface area contributed by atoms with Gasteiger partial charge in [0, 0.05) is 29.7 Å². The standard InChI is InChI=1S/C37H41F2N5O4S2/c1-22(34(45)46)18-23-8-6-9-24(19-23)37(4)14-7-13-36(2,3)21-50(47,48)17-12-27-26-11-16-41-31(26)29(38)30(39)32(27)49-25-10-15-40-28(20-25)33-42-35(37)43-44(33)5/h6,8-11,15-16,19-20,22,41H,7,12-14,17-18,21H2,1-5H3,(H,45,46)/t22-,37-/m1/s1. The maximum absolute atomic E-state index is 15.8. The Morgan fingerprint density at radius 2 is 1.90 bits per heavy atom. The lowest BCUT2D eigenvalue weighted by Gasteiger charge is -2.31. The summed E-state index contributed by atoms with van der Waals surface area (Å²) in [6, 6.07) is 12.9. The van der Waals surface area contributed by atoms with E-state index < -0.39 is 44.2 Å². The number of carboxylic acids is 1. The topological polar surface area (TPSA) is 131 Å². The predicted molar refractivity (Wildman–Crippen MR) is 190 cm³/mol. The summed E-state index contributed by atoms with van der Waals surface area (Å²) in [7, 11) is -1.83. The van der Waals surface area contributed by atoms with Crippen molar-refractivity contribution >= 4 is 38.5 Å². The maximum Gasteiger partial charge on any atom is 0.306 e. The van der Waals surface area contributed by atoms with Gasteiger partial charge >= 0.3 is 5.97 Å². The smallest absolute Gasteiger partial charge is 0.306 e. The zero-order chi connectivity index (χ0) is 36.0. The van der Waals surface area contributed by atoms with E-state index in [4.69, 9.17) is 10.1 Å². The first kappa shape index (κ1) is 35.7. The van der Waals surface area contributed by atoms with Crippen LogP contribution in [0, 0.1) is 23.0 Å². The third kappa shape index (κ3) is 7.20. The van der Waals surface area contributed by atoms with Crippen LogP contribution in [0.25, 0.3) is 22.4 Å². The second-order valence-corrected chi connectivity index (χ2v) is 17.7. The number of H-pyrrole nitrogens is 1. The number of nitrogens with one attached hydrogen (secondary N) is 1. The van der Waals surface area contributed by atoms with E-state index in [1.165, 1.54) is 6.20 Å². The number of fused-ring (bicyclic) bond motifs is 8. The maximum atomic E-state index is 15.8. The molecule has 5 aromatic rings. The molecule has 264 valence electrons. The molecular weight excluding hydrogens is 681 g/mol. The molecule has 0 saturated heterocycles. The van der Waals surface area contributed by atoms with Crippen LogP contribution >= 0.6 is 11.8 Å². The quantitative estimate of drug-likeness (QED) is 0.195. The largest absolute Gasteiger partial charge is 0.481 e. The van der Waals surface area contributed by atoms with E-state index in [2.05, 4.69) is 16.9 Å². The van der Waals surface area contributed by atoms with E-state index >= 15 is 8.78 Å². The monoisotopic (exact) mass is 721 g/mol. The molecule has 13 heteroatoms. The summed E-state index contributed by atoms with van der Waals surface area (Å²) in [5.41, 5.74) is 1.43. The van der Waals surface area contributed by atoms with E-state index in [1.54, 1.807) is 43.0 Å². The van der Waals surface area contributed by atoms with Crippen LogP contribution < -0.4 is 0 Å². The van der Waals surface area contributed by atoms with E-state index in [1.807, 2.05) is 38.1 Å². The Morgan fingerprint density at radius 1 is 1.12 bits per heavy atom. The molecule has 0 unspecified atom stereocenters. The first-order valence-corrected chi connectivity index (χ1v) is 19.3. The molecular formula is C37H41F2N5O4S2. The fourth-order valence-corrected chi connectivity index (χ4v) is 10.0. The molecule has 2 N–H and O–H groups in total. The minimum Gasteiger partial charge on any atom is -0.481 e. The number of aromatic amines is 1. The van der Waals surface area contributed by atoms with Crippen LogP contribution in [0.15, 0.2) is 64.6 Å². The molecule has 3 aromatic heterocycles. The molecule has 4 bridgehead atoms. The van der Waals surface area contributed by atoms with Crippen molar-refractivity contribution in [2.75, 3.05) is 11.5 Å². The van der Waals surface area contributed by atoms with Crippen molar-refractivity contribution in [1.82, 2.24) is 24.7 Å². The van der Waals surface area contributed by atoms with Crippen molar-refractivity contribution in [3.05, 3.63) is 89.0 Å². The number of aryl methyl sites for hydroxylation is 2. The van der Waals surface area contributed by atoms with Crippen LogP contribution in [0.5, 0.6) is 0 Å². The summed E-state index contributed by atoms with van der Waals surface area (Å²) in [6.07, 6.45) is 5.34. The van der Waals surface area contributed by atoms with E-state index in [0.717, 1.165) is 22.9 Å². The number of hydrogen-bond donors (Lipinski definition) is 2. The molecule has 0 amide bonds. The van der Waals surface area contributed by atoms with Crippen molar-refractivity contribution < 1.29 is 27.1 Å². The lowest BCUT2D eigenvalue weighted by molar-refractivity contribution is -0.141. The van der Waals surface area contributed by atoms with Crippen LogP contribution in [0.4, 0.5) is 8.78 Å². The van der Waals surface area contributed by atoms with Crippen LogP contribution in [-0.4, -0.2) is 55.7 Å². The average Bonchev–Trinajstić information content (AvgIpc) is 3.70. The highest BCUT2D eigenvalue weighted by Gasteiger charge is 2.36. The Kier molecular flexibility index (Phi) is 9.68. The van der Waals surface area contributed by atoms with Gasteiger partial charge in [-0.15, -0.1) is 0 Å². The molecule has 0 fully saturated rings. The minimum absolute atomic E-state index is 0.00809. The van der Waals surface area contributed by atoms with Crippen LogP contribution in [0.1, 0.15) is 69.5 Å². The van der Waals surface area contributed by atoms with E-state index in [9.17, 15) is 18.3 Å². The molecule has 0 spiro atoms. The van der Waals surface area contributed by atoms with Gasteiger partial charge in [0.15, 0.2) is 33.1 Å². The van der Waals surface area contributed by atoms with Gasteiger partial charge < -0.3 is 10.1 Å². The number of benzene rings is 2. The van der Waals surface area contributed by atoms with Gasteiger partial charge in [0.25, 0.3) is 0 Å². The number of sulfone groups is 1. The first-order valence-electron chi connectivity index (χ1n) is 16.6. The molecule has 0 aliphatic carbocycles. The Bertz CT molecular complexity index is 2200. The van der Waals surface area contributed by atoms with Gasteiger partial charge in [-0.1, -0.05) is 63.2 Å². The number of nitrogens with zero attached hydrogens (tertiary/aromatic N) is 4. The Balaban J connectivity index is 1.49. The van der Waals surface area contributed by atoms with Crippen molar-refractivity contribution in [2.45, 2.75) is 75.0 Å². The second-order valence-electron chi connectivity index (χ2n) is 14.4. The number of halogens is 2. The highest BCUT2D eigenvalue weighted by Crippen LogP contribution is 2.42. The number of carboxylic acid groups (broad SMARTS) is 1. The first-order chi connectivity index (χ1) is 23.6. The average molecular weight is 722 g/mol. The predicted octanol–water partition coefficient (Wildman–Crippen LogP) is 7.52. The lowest BCUT2D eigenvalue weighted by atomic mass is 9.75. The van der Waals surface area contributed by atoms with Crippen molar-refractivity contribution in [3.8, 4) is 11.5 Å². The van der Waals surface area contributed by atoms with Crippen LogP contribution in [0.2, 0.25) is 0 Å². The van der Waals surface area contributed by atoms with Crippen molar-refractivity contribution in [3.63, 3.8) is 0 Å². The fraction of sp³-hybridized carbons (Fsp3) is 0.405. The number of pyridine rings is 1. The second kappa shape index (κ2) is 13.6. The summed E-state index contributed by atoms with van der Waals surface area (Å²) in [5, 5.41) is 14.9. The highest BCUT2D eigenvalue weighted by atomic mass is 32.2. The Labute approximate surface area is 294 Å².